The normalized spacial score (nSPS) is 35.7. The molecule has 3 aliphatic rings. The number of esters is 2. The molecule has 1 aromatic carbocycles. The first-order chi connectivity index (χ1) is 23.3. The molecule has 0 unspecified atom stereocenters. The predicted molar refractivity (Wildman–Crippen MR) is 159 cm³/mol. The molecule has 9 N–H and O–H groups in total. The van der Waals surface area contributed by atoms with Crippen LogP contribution in [0.2, 0.25) is 0 Å². The lowest BCUT2D eigenvalue weighted by atomic mass is 9.86. The van der Waals surface area contributed by atoms with E-state index in [0.29, 0.717) is 5.56 Å². The lowest BCUT2D eigenvalue weighted by Gasteiger charge is -2.46. The van der Waals surface area contributed by atoms with E-state index in [1.807, 2.05) is 0 Å². The van der Waals surface area contributed by atoms with Gasteiger partial charge in [-0.1, -0.05) is 12.1 Å². The van der Waals surface area contributed by atoms with Gasteiger partial charge in [-0.15, -0.1) is 0 Å². The summed E-state index contributed by atoms with van der Waals surface area (Å²) >= 11 is 0. The Labute approximate surface area is 279 Å². The Kier molecular flexibility index (Phi) is 13.3. The van der Waals surface area contributed by atoms with Crippen LogP contribution in [-0.4, -0.2) is 153 Å². The van der Waals surface area contributed by atoms with Crippen LogP contribution < -0.4 is 0 Å². The predicted octanol–water partition coefficient (Wildman–Crippen LogP) is -2.81. The zero-order valence-electron chi connectivity index (χ0n) is 26.5. The fourth-order valence-corrected chi connectivity index (χ4v) is 5.64. The second-order valence-corrected chi connectivity index (χ2v) is 11.5. The van der Waals surface area contributed by atoms with Crippen molar-refractivity contribution in [3.63, 3.8) is 0 Å². The van der Waals surface area contributed by atoms with Gasteiger partial charge in [0.15, 0.2) is 24.1 Å². The van der Waals surface area contributed by atoms with Crippen molar-refractivity contribution in [2.45, 2.75) is 87.5 Å². The number of hydrogen-bond acceptors (Lipinski definition) is 18. The number of phenols is 2. The number of phenolic OH excluding ortho intramolecular Hbond substituents is 2. The molecule has 18 nitrogen and oxygen atoms in total. The Morgan fingerprint density at radius 3 is 2.12 bits per heavy atom. The number of ether oxygens (including phenoxy) is 7. The summed E-state index contributed by atoms with van der Waals surface area (Å²) in [6, 6.07) is 4.16. The molecule has 0 aromatic heterocycles. The highest BCUT2D eigenvalue weighted by atomic mass is 16.8. The van der Waals surface area contributed by atoms with Gasteiger partial charge in [-0.3, -0.25) is 4.79 Å². The van der Waals surface area contributed by atoms with Crippen molar-refractivity contribution in [3.8, 4) is 11.5 Å². The third-order valence-corrected chi connectivity index (χ3v) is 8.41. The summed E-state index contributed by atoms with van der Waals surface area (Å²) < 4.78 is 38.2. The van der Waals surface area contributed by atoms with Crippen molar-refractivity contribution < 1.29 is 88.7 Å². The van der Waals surface area contributed by atoms with E-state index in [1.54, 1.807) is 13.0 Å². The van der Waals surface area contributed by atoms with E-state index in [2.05, 4.69) is 0 Å². The molecule has 0 saturated carbocycles. The molecule has 0 bridgehead atoms. The number of aromatic hydroxyl groups is 2. The second-order valence-electron chi connectivity index (χ2n) is 11.5. The summed E-state index contributed by atoms with van der Waals surface area (Å²) in [6.07, 6.45) is -16.1. The molecule has 2 fully saturated rings. The minimum atomic E-state index is -1.88. The maximum absolute atomic E-state index is 12.9. The minimum absolute atomic E-state index is 0.0616. The van der Waals surface area contributed by atoms with Gasteiger partial charge in [0.25, 0.3) is 0 Å². The number of benzene rings is 1. The average Bonchev–Trinajstić information content (AvgIpc) is 3.09. The number of rotatable bonds is 12. The van der Waals surface area contributed by atoms with Gasteiger partial charge in [0.2, 0.25) is 6.29 Å². The minimum Gasteiger partial charge on any atom is -0.504 e. The highest BCUT2D eigenvalue weighted by Gasteiger charge is 2.52. The highest BCUT2D eigenvalue weighted by Crippen LogP contribution is 2.37. The summed E-state index contributed by atoms with van der Waals surface area (Å²) in [7, 11) is 1.13. The van der Waals surface area contributed by atoms with Gasteiger partial charge in [-0.2, -0.15) is 0 Å². The van der Waals surface area contributed by atoms with Crippen LogP contribution in [0.5, 0.6) is 11.5 Å². The van der Waals surface area contributed by atoms with Crippen molar-refractivity contribution >= 4 is 11.9 Å². The van der Waals surface area contributed by atoms with Crippen LogP contribution in [0.1, 0.15) is 18.9 Å². The van der Waals surface area contributed by atoms with Gasteiger partial charge < -0.3 is 79.1 Å². The number of aliphatic hydroxyl groups is 7. The molecular weight excluding hydrogens is 660 g/mol. The van der Waals surface area contributed by atoms with Crippen LogP contribution in [0.3, 0.4) is 0 Å². The van der Waals surface area contributed by atoms with Crippen LogP contribution in [0, 0.1) is 5.92 Å². The summed E-state index contributed by atoms with van der Waals surface area (Å²) in [5.74, 6) is -3.19. The molecule has 4 rings (SSSR count). The first kappa shape index (κ1) is 38.4. The highest BCUT2D eigenvalue weighted by molar-refractivity contribution is 5.90. The quantitative estimate of drug-likeness (QED) is 0.0604. The third kappa shape index (κ3) is 8.67. The van der Waals surface area contributed by atoms with Crippen LogP contribution in [-0.2, 0) is 49.2 Å². The zero-order chi connectivity index (χ0) is 36.0. The van der Waals surface area contributed by atoms with Gasteiger partial charge in [-0.25, -0.2) is 4.79 Å². The van der Waals surface area contributed by atoms with E-state index in [9.17, 15) is 55.5 Å². The molecule has 49 heavy (non-hydrogen) atoms. The first-order valence-corrected chi connectivity index (χ1v) is 15.3. The molecule has 0 radical (unpaired) electrons. The fourth-order valence-electron chi connectivity index (χ4n) is 5.64. The van der Waals surface area contributed by atoms with Crippen molar-refractivity contribution in [3.05, 3.63) is 47.2 Å². The smallest absolute Gasteiger partial charge is 0.337 e. The molecule has 1 aromatic rings. The lowest BCUT2D eigenvalue weighted by Crippen LogP contribution is -2.65. The summed E-state index contributed by atoms with van der Waals surface area (Å²) in [5.41, 5.74) is 0.726. The molecule has 3 aliphatic heterocycles. The standard InChI is InChI=1S/C31H42O18/c1-3-14-15(9-21(36)44-7-6-13-4-5-17(34)18(35)8-13)16(28(42)43-2)12-45-29(14)49-31-26(41)27(23(38)20(11-33)47-31)48-30-25(40)24(39)22(37)19(10-32)46-30/h3-5,8,12,15,19-20,22-27,29-35,37-41H,6-7,9-11H2,1-2H3/b14-3-/t15-,19+,20+,22+,23+,24-,25+,26+,27-,29-,30-,31-/m0/s1. The van der Waals surface area contributed by atoms with E-state index in [4.69, 9.17) is 33.2 Å². The number of carbonyl (C=O) groups is 2. The SMILES string of the molecule is C/C=C1\[C@H](O[C@@H]2O[C@H](CO)[C@@H](O)[C@H](O[C@@H]3O[C@H](CO)[C@@H](O)[C@H](O)[C@H]3O)[C@H]2O)OC=C(C(=O)OC)[C@H]1CC(=O)OCCc1ccc(O)c(O)c1. The van der Waals surface area contributed by atoms with Crippen LogP contribution in [0.25, 0.3) is 0 Å². The van der Waals surface area contributed by atoms with Crippen molar-refractivity contribution in [1.82, 2.24) is 0 Å². The average molecular weight is 703 g/mol. The van der Waals surface area contributed by atoms with Crippen molar-refractivity contribution in [2.24, 2.45) is 5.92 Å². The van der Waals surface area contributed by atoms with Gasteiger partial charge in [0, 0.05) is 17.9 Å². The summed E-state index contributed by atoms with van der Waals surface area (Å²) in [6.45, 7) is -0.0979. The largest absolute Gasteiger partial charge is 0.504 e. The van der Waals surface area contributed by atoms with E-state index in [0.717, 1.165) is 13.4 Å². The Bertz CT molecular complexity index is 1350. The third-order valence-electron chi connectivity index (χ3n) is 8.41. The van der Waals surface area contributed by atoms with E-state index >= 15 is 0 Å². The van der Waals surface area contributed by atoms with Gasteiger partial charge in [-0.05, 0) is 24.6 Å². The Morgan fingerprint density at radius 1 is 0.857 bits per heavy atom. The van der Waals surface area contributed by atoms with Crippen LogP contribution in [0.4, 0.5) is 0 Å². The molecule has 18 heteroatoms. The number of aliphatic hydroxyl groups excluding tert-OH is 7. The van der Waals surface area contributed by atoms with Gasteiger partial charge >= 0.3 is 11.9 Å². The van der Waals surface area contributed by atoms with Gasteiger partial charge in [0.1, 0.15) is 48.8 Å². The van der Waals surface area contributed by atoms with E-state index in [1.165, 1.54) is 18.2 Å². The van der Waals surface area contributed by atoms with Crippen molar-refractivity contribution in [2.75, 3.05) is 26.9 Å². The summed E-state index contributed by atoms with van der Waals surface area (Å²) in [5, 5.41) is 91.2. The number of carbonyl (C=O) groups excluding carboxylic acids is 2. The molecule has 12 atom stereocenters. The molecule has 3 heterocycles. The Morgan fingerprint density at radius 2 is 1.51 bits per heavy atom. The lowest BCUT2D eigenvalue weighted by molar-refractivity contribution is -0.369. The summed E-state index contributed by atoms with van der Waals surface area (Å²) in [4.78, 5) is 25.6. The first-order valence-electron chi connectivity index (χ1n) is 15.3. The number of methoxy groups -OCH3 is 1. The molecule has 0 spiro atoms. The van der Waals surface area contributed by atoms with Crippen LogP contribution >= 0.6 is 0 Å². The Hall–Kier alpha value is -3.40. The second kappa shape index (κ2) is 17.0. The van der Waals surface area contributed by atoms with E-state index < -0.39 is 98.8 Å². The maximum atomic E-state index is 12.9. The maximum Gasteiger partial charge on any atom is 0.337 e. The molecule has 2 saturated heterocycles. The topological polar surface area (TPSA) is 281 Å². The molecular formula is C31H42O18. The van der Waals surface area contributed by atoms with Crippen molar-refractivity contribution in [1.29, 1.82) is 0 Å². The monoisotopic (exact) mass is 702 g/mol. The van der Waals surface area contributed by atoms with Crippen LogP contribution in [0.15, 0.2) is 41.7 Å². The fraction of sp³-hybridized carbons (Fsp3) is 0.613. The number of hydrogen-bond donors (Lipinski definition) is 9. The molecule has 0 amide bonds. The zero-order valence-corrected chi connectivity index (χ0v) is 26.5. The molecule has 0 aliphatic carbocycles. The van der Waals surface area contributed by atoms with E-state index in [-0.39, 0.29) is 42.1 Å². The molecule has 274 valence electrons. The van der Waals surface area contributed by atoms with Gasteiger partial charge in [0.05, 0.1) is 45.2 Å². The Balaban J connectivity index is 1.48. The number of allylic oxidation sites excluding steroid dienone is 1.